The van der Waals surface area contributed by atoms with Gasteiger partial charge in [-0.15, -0.1) is 0 Å². The Morgan fingerprint density at radius 1 is 1.04 bits per heavy atom. The van der Waals surface area contributed by atoms with Gasteiger partial charge in [-0.2, -0.15) is 0 Å². The van der Waals surface area contributed by atoms with Crippen LogP contribution in [-0.2, 0) is 9.53 Å². The first kappa shape index (κ1) is 16.8. The highest BCUT2D eigenvalue weighted by molar-refractivity contribution is 5.82. The standard InChI is InChI=1S/C19H33N3O2/c23-19(18-12-16-5-1-2-6-17(16)20-18)22-7-3-4-15(14-22)13-21-8-10-24-11-9-21/h15-18,20H,1-14H2/t15-,16+,17-,18+/m1/s1. The van der Waals surface area contributed by atoms with E-state index in [2.05, 4.69) is 15.1 Å². The monoisotopic (exact) mass is 335 g/mol. The molecule has 3 aliphatic heterocycles. The van der Waals surface area contributed by atoms with Crippen LogP contribution in [0, 0.1) is 11.8 Å². The number of carbonyl (C=O) groups is 1. The fourth-order valence-corrected chi connectivity index (χ4v) is 5.29. The molecule has 4 aliphatic rings. The van der Waals surface area contributed by atoms with Gasteiger partial charge in [0.05, 0.1) is 19.3 Å². The highest BCUT2D eigenvalue weighted by Crippen LogP contribution is 2.34. The predicted molar refractivity (Wildman–Crippen MR) is 93.8 cm³/mol. The Labute approximate surface area is 146 Å². The molecule has 0 aromatic carbocycles. The Morgan fingerprint density at radius 3 is 2.71 bits per heavy atom. The summed E-state index contributed by atoms with van der Waals surface area (Å²) in [5.41, 5.74) is 0. The zero-order chi connectivity index (χ0) is 16.4. The molecule has 1 amide bonds. The molecule has 4 rings (SSSR count). The highest BCUT2D eigenvalue weighted by atomic mass is 16.5. The zero-order valence-electron chi connectivity index (χ0n) is 14.9. The fourth-order valence-electron chi connectivity index (χ4n) is 5.29. The van der Waals surface area contributed by atoms with E-state index >= 15 is 0 Å². The molecule has 136 valence electrons. The smallest absolute Gasteiger partial charge is 0.239 e. The van der Waals surface area contributed by atoms with Gasteiger partial charge in [0.2, 0.25) is 5.91 Å². The Morgan fingerprint density at radius 2 is 1.88 bits per heavy atom. The van der Waals surface area contributed by atoms with Gasteiger partial charge in [0, 0.05) is 38.8 Å². The number of fused-ring (bicyclic) bond motifs is 1. The van der Waals surface area contributed by atoms with Gasteiger partial charge in [-0.05, 0) is 43.9 Å². The average Bonchev–Trinajstić information content (AvgIpc) is 3.06. The van der Waals surface area contributed by atoms with Crippen LogP contribution in [0.15, 0.2) is 0 Å². The molecule has 0 aromatic heterocycles. The maximum Gasteiger partial charge on any atom is 0.239 e. The van der Waals surface area contributed by atoms with Gasteiger partial charge in [-0.25, -0.2) is 0 Å². The third kappa shape index (κ3) is 3.78. The number of ether oxygens (including phenoxy) is 1. The summed E-state index contributed by atoms with van der Waals surface area (Å²) in [5.74, 6) is 1.78. The molecule has 0 bridgehead atoms. The Balaban J connectivity index is 1.29. The van der Waals surface area contributed by atoms with Gasteiger partial charge >= 0.3 is 0 Å². The minimum absolute atomic E-state index is 0.0974. The highest BCUT2D eigenvalue weighted by Gasteiger charge is 2.40. The van der Waals surface area contributed by atoms with E-state index in [1.165, 1.54) is 38.5 Å². The summed E-state index contributed by atoms with van der Waals surface area (Å²) in [7, 11) is 0. The summed E-state index contributed by atoms with van der Waals surface area (Å²) in [6, 6.07) is 0.710. The van der Waals surface area contributed by atoms with Gasteiger partial charge in [-0.3, -0.25) is 9.69 Å². The van der Waals surface area contributed by atoms with Gasteiger partial charge in [-0.1, -0.05) is 12.8 Å². The fraction of sp³-hybridized carbons (Fsp3) is 0.947. The minimum atomic E-state index is 0.0974. The van der Waals surface area contributed by atoms with Crippen LogP contribution in [-0.4, -0.2) is 73.7 Å². The second-order valence-corrected chi connectivity index (χ2v) is 8.31. The molecule has 3 saturated heterocycles. The number of piperidine rings is 1. The Bertz CT molecular complexity index is 424. The molecule has 3 heterocycles. The molecular formula is C19H33N3O2. The number of morpholine rings is 1. The number of likely N-dealkylation sites (tertiary alicyclic amines) is 1. The van der Waals surface area contributed by atoms with Crippen LogP contribution >= 0.6 is 0 Å². The quantitative estimate of drug-likeness (QED) is 0.848. The third-order valence-corrected chi connectivity index (χ3v) is 6.61. The molecule has 5 heteroatoms. The number of rotatable bonds is 3. The zero-order valence-corrected chi connectivity index (χ0v) is 14.9. The van der Waals surface area contributed by atoms with Crippen LogP contribution in [0.3, 0.4) is 0 Å². The molecule has 0 radical (unpaired) electrons. The van der Waals surface area contributed by atoms with Gasteiger partial charge in [0.1, 0.15) is 0 Å². The van der Waals surface area contributed by atoms with Crippen LogP contribution in [0.25, 0.3) is 0 Å². The topological polar surface area (TPSA) is 44.8 Å². The van der Waals surface area contributed by atoms with E-state index in [0.717, 1.165) is 58.3 Å². The lowest BCUT2D eigenvalue weighted by Gasteiger charge is -2.37. The van der Waals surface area contributed by atoms with E-state index in [0.29, 0.717) is 17.9 Å². The van der Waals surface area contributed by atoms with Crippen molar-refractivity contribution in [2.45, 2.75) is 57.0 Å². The lowest BCUT2D eigenvalue weighted by molar-refractivity contribution is -0.135. The molecule has 1 aliphatic carbocycles. The predicted octanol–water partition coefficient (Wildman–Crippen LogP) is 1.48. The summed E-state index contributed by atoms with van der Waals surface area (Å²) in [4.78, 5) is 17.7. The molecule has 1 N–H and O–H groups in total. The summed E-state index contributed by atoms with van der Waals surface area (Å²) in [6.07, 6.45) is 8.80. The van der Waals surface area contributed by atoms with Crippen molar-refractivity contribution < 1.29 is 9.53 Å². The average molecular weight is 335 g/mol. The first-order chi connectivity index (χ1) is 11.8. The molecule has 0 spiro atoms. The number of hydrogen-bond acceptors (Lipinski definition) is 4. The maximum absolute atomic E-state index is 13.0. The van der Waals surface area contributed by atoms with Crippen molar-refractivity contribution in [1.29, 1.82) is 0 Å². The van der Waals surface area contributed by atoms with Crippen molar-refractivity contribution in [2.75, 3.05) is 45.9 Å². The summed E-state index contributed by atoms with van der Waals surface area (Å²) in [5, 5.41) is 3.67. The number of carbonyl (C=O) groups excluding carboxylic acids is 1. The maximum atomic E-state index is 13.0. The number of nitrogens with one attached hydrogen (secondary N) is 1. The van der Waals surface area contributed by atoms with Crippen LogP contribution in [0.4, 0.5) is 0 Å². The summed E-state index contributed by atoms with van der Waals surface area (Å²) >= 11 is 0. The molecule has 0 aromatic rings. The van der Waals surface area contributed by atoms with Gasteiger partial charge < -0.3 is 15.0 Å². The lowest BCUT2D eigenvalue weighted by atomic mass is 9.85. The van der Waals surface area contributed by atoms with E-state index in [9.17, 15) is 4.79 Å². The summed E-state index contributed by atoms with van der Waals surface area (Å²) in [6.45, 7) is 6.90. The number of nitrogens with zero attached hydrogens (tertiary/aromatic N) is 2. The first-order valence-electron chi connectivity index (χ1n) is 10.1. The van der Waals surface area contributed by atoms with Crippen molar-refractivity contribution >= 4 is 5.91 Å². The third-order valence-electron chi connectivity index (χ3n) is 6.61. The molecule has 4 fully saturated rings. The van der Waals surface area contributed by atoms with E-state index in [1.807, 2.05) is 0 Å². The Kier molecular flexibility index (Phi) is 5.40. The summed E-state index contributed by atoms with van der Waals surface area (Å²) < 4.78 is 5.45. The van der Waals surface area contributed by atoms with Crippen molar-refractivity contribution in [3.63, 3.8) is 0 Å². The van der Waals surface area contributed by atoms with Gasteiger partial charge in [0.15, 0.2) is 0 Å². The molecule has 4 atom stereocenters. The number of amides is 1. The van der Waals surface area contributed by atoms with Crippen LogP contribution < -0.4 is 5.32 Å². The van der Waals surface area contributed by atoms with E-state index < -0.39 is 0 Å². The van der Waals surface area contributed by atoms with Crippen LogP contribution in [0.2, 0.25) is 0 Å². The minimum Gasteiger partial charge on any atom is -0.379 e. The molecule has 5 nitrogen and oxygen atoms in total. The van der Waals surface area contributed by atoms with Crippen LogP contribution in [0.5, 0.6) is 0 Å². The van der Waals surface area contributed by atoms with Gasteiger partial charge in [0.25, 0.3) is 0 Å². The van der Waals surface area contributed by atoms with E-state index in [-0.39, 0.29) is 6.04 Å². The first-order valence-corrected chi connectivity index (χ1v) is 10.1. The lowest BCUT2D eigenvalue weighted by Crippen LogP contribution is -2.51. The second-order valence-electron chi connectivity index (χ2n) is 8.31. The Hall–Kier alpha value is -0.650. The normalized spacial score (nSPS) is 38.1. The van der Waals surface area contributed by atoms with Crippen molar-refractivity contribution in [1.82, 2.24) is 15.1 Å². The van der Waals surface area contributed by atoms with Crippen molar-refractivity contribution in [2.24, 2.45) is 11.8 Å². The molecule has 0 unspecified atom stereocenters. The number of hydrogen-bond donors (Lipinski definition) is 1. The van der Waals surface area contributed by atoms with Crippen molar-refractivity contribution in [3.8, 4) is 0 Å². The van der Waals surface area contributed by atoms with Crippen LogP contribution in [0.1, 0.15) is 44.9 Å². The van der Waals surface area contributed by atoms with E-state index in [1.54, 1.807) is 0 Å². The second kappa shape index (κ2) is 7.71. The molecule has 1 saturated carbocycles. The SMILES string of the molecule is O=C([C@@H]1C[C@@H]2CCCC[C@H]2N1)N1CCC[C@H](CN2CCOCC2)C1. The van der Waals surface area contributed by atoms with E-state index in [4.69, 9.17) is 4.74 Å². The largest absolute Gasteiger partial charge is 0.379 e. The molecule has 24 heavy (non-hydrogen) atoms. The van der Waals surface area contributed by atoms with Crippen molar-refractivity contribution in [3.05, 3.63) is 0 Å². The molecular weight excluding hydrogens is 302 g/mol.